The van der Waals surface area contributed by atoms with Gasteiger partial charge in [0.2, 0.25) is 5.91 Å². The Hall–Kier alpha value is -2.73. The maximum Gasteiger partial charge on any atom is 0.254 e. The van der Waals surface area contributed by atoms with E-state index >= 15 is 0 Å². The summed E-state index contributed by atoms with van der Waals surface area (Å²) in [7, 11) is 3.10. The maximum absolute atomic E-state index is 12.8. The molecule has 2 amide bonds. The first kappa shape index (κ1) is 21.0. The average Bonchev–Trinajstić information content (AvgIpc) is 2.77. The zero-order valence-electron chi connectivity index (χ0n) is 16.7. The van der Waals surface area contributed by atoms with Crippen molar-refractivity contribution in [2.75, 3.05) is 40.4 Å². The van der Waals surface area contributed by atoms with Crippen LogP contribution >= 0.6 is 11.6 Å². The van der Waals surface area contributed by atoms with Crippen LogP contribution in [-0.4, -0.2) is 62.0 Å². The van der Waals surface area contributed by atoms with Gasteiger partial charge in [-0.05, 0) is 36.2 Å². The molecule has 1 heterocycles. The molecule has 2 aromatic rings. The van der Waals surface area contributed by atoms with Crippen molar-refractivity contribution in [2.45, 2.75) is 12.8 Å². The van der Waals surface area contributed by atoms with E-state index in [2.05, 4.69) is 0 Å². The van der Waals surface area contributed by atoms with Gasteiger partial charge in [0.05, 0.1) is 14.2 Å². The van der Waals surface area contributed by atoms with Crippen LogP contribution in [-0.2, 0) is 11.2 Å². The van der Waals surface area contributed by atoms with E-state index in [1.807, 2.05) is 29.2 Å². The summed E-state index contributed by atoms with van der Waals surface area (Å²) in [6, 6.07) is 12.7. The summed E-state index contributed by atoms with van der Waals surface area (Å²) in [6.07, 6.45) is 1.02. The molecule has 29 heavy (non-hydrogen) atoms. The minimum atomic E-state index is -0.0749. The van der Waals surface area contributed by atoms with Crippen LogP contribution in [0.2, 0.25) is 5.02 Å². The number of carbonyl (C=O) groups is 2. The third kappa shape index (κ3) is 5.01. The second-order valence-corrected chi connectivity index (χ2v) is 7.24. The molecule has 0 bridgehead atoms. The predicted molar refractivity (Wildman–Crippen MR) is 112 cm³/mol. The highest BCUT2D eigenvalue weighted by atomic mass is 35.5. The number of amides is 2. The summed E-state index contributed by atoms with van der Waals surface area (Å²) in [5, 5.41) is 0.686. The summed E-state index contributed by atoms with van der Waals surface area (Å²) >= 11 is 6.16. The molecule has 0 saturated carbocycles. The smallest absolute Gasteiger partial charge is 0.254 e. The highest BCUT2D eigenvalue weighted by molar-refractivity contribution is 6.31. The lowest BCUT2D eigenvalue weighted by Gasteiger charge is -2.35. The topological polar surface area (TPSA) is 59.1 Å². The normalized spacial score (nSPS) is 13.9. The lowest BCUT2D eigenvalue weighted by molar-refractivity contribution is -0.132. The van der Waals surface area contributed by atoms with Gasteiger partial charge in [0.1, 0.15) is 0 Å². The highest BCUT2D eigenvalue weighted by Gasteiger charge is 2.25. The highest BCUT2D eigenvalue weighted by Crippen LogP contribution is 2.28. The molecule has 1 fully saturated rings. The summed E-state index contributed by atoms with van der Waals surface area (Å²) in [5.74, 6) is 1.11. The van der Waals surface area contributed by atoms with Crippen molar-refractivity contribution in [1.29, 1.82) is 0 Å². The summed E-state index contributed by atoms with van der Waals surface area (Å²) in [4.78, 5) is 28.9. The molecule has 1 aliphatic heterocycles. The number of ether oxygens (including phenoxy) is 2. The second kappa shape index (κ2) is 9.65. The Labute approximate surface area is 176 Å². The maximum atomic E-state index is 12.8. The van der Waals surface area contributed by atoms with E-state index < -0.39 is 0 Å². The number of rotatable bonds is 6. The fourth-order valence-electron chi connectivity index (χ4n) is 3.41. The minimum absolute atomic E-state index is 0.0749. The van der Waals surface area contributed by atoms with Crippen molar-refractivity contribution < 1.29 is 19.1 Å². The molecule has 0 unspecified atom stereocenters. The van der Waals surface area contributed by atoms with E-state index in [0.29, 0.717) is 61.1 Å². The van der Waals surface area contributed by atoms with Crippen molar-refractivity contribution in [3.05, 3.63) is 58.6 Å². The molecule has 0 N–H and O–H groups in total. The molecule has 1 saturated heterocycles. The SMILES string of the molecule is COc1ccc(C(=O)N2CCN(C(=O)CCc3ccccc3Cl)CC2)cc1OC. The standard InChI is InChI=1S/C22H25ClN2O4/c1-28-19-9-7-17(15-20(19)29-2)22(27)25-13-11-24(12-14-25)21(26)10-8-16-5-3-4-6-18(16)23/h3-7,9,15H,8,10-14H2,1-2H3. The molecular weight excluding hydrogens is 392 g/mol. The van der Waals surface area contributed by atoms with Crippen molar-refractivity contribution in [3.8, 4) is 11.5 Å². The number of piperazine rings is 1. The number of aryl methyl sites for hydroxylation is 1. The van der Waals surface area contributed by atoms with Gasteiger partial charge in [-0.15, -0.1) is 0 Å². The van der Waals surface area contributed by atoms with Gasteiger partial charge in [0.15, 0.2) is 11.5 Å². The molecule has 154 valence electrons. The van der Waals surface area contributed by atoms with E-state index in [9.17, 15) is 9.59 Å². The zero-order valence-corrected chi connectivity index (χ0v) is 17.4. The Balaban J connectivity index is 1.54. The Kier molecular flexibility index (Phi) is 6.99. The fourth-order valence-corrected chi connectivity index (χ4v) is 3.64. The number of carbonyl (C=O) groups excluding carboxylic acids is 2. The van der Waals surface area contributed by atoms with Crippen LogP contribution in [0.5, 0.6) is 11.5 Å². The first-order valence-electron chi connectivity index (χ1n) is 9.56. The van der Waals surface area contributed by atoms with Crippen LogP contribution in [0.15, 0.2) is 42.5 Å². The Morgan fingerprint density at radius 3 is 2.24 bits per heavy atom. The molecule has 0 aromatic heterocycles. The van der Waals surface area contributed by atoms with Crippen LogP contribution in [0.25, 0.3) is 0 Å². The van der Waals surface area contributed by atoms with Gasteiger partial charge in [0, 0.05) is 43.2 Å². The number of methoxy groups -OCH3 is 2. The molecule has 0 radical (unpaired) electrons. The Morgan fingerprint density at radius 2 is 1.59 bits per heavy atom. The van der Waals surface area contributed by atoms with Crippen LogP contribution < -0.4 is 9.47 Å². The Bertz CT molecular complexity index is 879. The first-order chi connectivity index (χ1) is 14.0. The van der Waals surface area contributed by atoms with Gasteiger partial charge in [-0.1, -0.05) is 29.8 Å². The number of hydrogen-bond acceptors (Lipinski definition) is 4. The van der Waals surface area contributed by atoms with E-state index in [4.69, 9.17) is 21.1 Å². The fraction of sp³-hybridized carbons (Fsp3) is 0.364. The van der Waals surface area contributed by atoms with Gasteiger partial charge < -0.3 is 19.3 Å². The molecule has 6 nitrogen and oxygen atoms in total. The van der Waals surface area contributed by atoms with Crippen LogP contribution in [0.3, 0.4) is 0 Å². The molecule has 0 aliphatic carbocycles. The van der Waals surface area contributed by atoms with Crippen molar-refractivity contribution in [2.24, 2.45) is 0 Å². The van der Waals surface area contributed by atoms with Crippen molar-refractivity contribution in [3.63, 3.8) is 0 Å². The van der Waals surface area contributed by atoms with Gasteiger partial charge in [-0.2, -0.15) is 0 Å². The van der Waals surface area contributed by atoms with Gasteiger partial charge in [0.25, 0.3) is 5.91 Å². The molecule has 2 aromatic carbocycles. The van der Waals surface area contributed by atoms with Gasteiger partial charge in [-0.25, -0.2) is 0 Å². The van der Waals surface area contributed by atoms with E-state index in [0.717, 1.165) is 5.56 Å². The number of halogens is 1. The number of benzene rings is 2. The van der Waals surface area contributed by atoms with E-state index in [1.165, 1.54) is 0 Å². The third-order valence-electron chi connectivity index (χ3n) is 5.12. The van der Waals surface area contributed by atoms with Crippen LogP contribution in [0, 0.1) is 0 Å². The van der Waals surface area contributed by atoms with Crippen LogP contribution in [0.1, 0.15) is 22.3 Å². The summed E-state index contributed by atoms with van der Waals surface area (Å²) in [6.45, 7) is 2.07. The lowest BCUT2D eigenvalue weighted by Crippen LogP contribution is -2.50. The predicted octanol–water partition coefficient (Wildman–Crippen LogP) is 3.27. The Morgan fingerprint density at radius 1 is 0.931 bits per heavy atom. The molecule has 0 atom stereocenters. The minimum Gasteiger partial charge on any atom is -0.493 e. The van der Waals surface area contributed by atoms with Crippen molar-refractivity contribution in [1.82, 2.24) is 9.80 Å². The second-order valence-electron chi connectivity index (χ2n) is 6.83. The van der Waals surface area contributed by atoms with E-state index in [-0.39, 0.29) is 11.8 Å². The summed E-state index contributed by atoms with van der Waals surface area (Å²) in [5.41, 5.74) is 1.52. The molecular formula is C22H25ClN2O4. The molecule has 0 spiro atoms. The monoisotopic (exact) mass is 416 g/mol. The number of hydrogen-bond donors (Lipinski definition) is 0. The summed E-state index contributed by atoms with van der Waals surface area (Å²) < 4.78 is 10.5. The van der Waals surface area contributed by atoms with Gasteiger partial charge >= 0.3 is 0 Å². The zero-order chi connectivity index (χ0) is 20.8. The molecule has 3 rings (SSSR count). The third-order valence-corrected chi connectivity index (χ3v) is 5.48. The quantitative estimate of drug-likeness (QED) is 0.725. The van der Waals surface area contributed by atoms with E-state index in [1.54, 1.807) is 37.3 Å². The van der Waals surface area contributed by atoms with Crippen LogP contribution in [0.4, 0.5) is 0 Å². The lowest BCUT2D eigenvalue weighted by atomic mass is 10.1. The van der Waals surface area contributed by atoms with Crippen molar-refractivity contribution >= 4 is 23.4 Å². The number of nitrogens with zero attached hydrogens (tertiary/aromatic N) is 2. The molecule has 1 aliphatic rings. The largest absolute Gasteiger partial charge is 0.493 e. The first-order valence-corrected chi connectivity index (χ1v) is 9.93. The average molecular weight is 417 g/mol. The van der Waals surface area contributed by atoms with Gasteiger partial charge in [-0.3, -0.25) is 9.59 Å². The molecule has 7 heteroatoms.